The van der Waals surface area contributed by atoms with Gasteiger partial charge in [-0.05, 0) is 47.9 Å². The van der Waals surface area contributed by atoms with Gasteiger partial charge in [0.2, 0.25) is 11.8 Å². The van der Waals surface area contributed by atoms with Gasteiger partial charge in [-0.25, -0.2) is 0 Å². The van der Waals surface area contributed by atoms with E-state index in [0.717, 1.165) is 16.5 Å². The molecule has 44 heavy (non-hydrogen) atoms. The molecule has 0 radical (unpaired) electrons. The Morgan fingerprint density at radius 3 is 2.16 bits per heavy atom. The van der Waals surface area contributed by atoms with Gasteiger partial charge in [0, 0.05) is 24.5 Å². The molecule has 1 unspecified atom stereocenters. The van der Waals surface area contributed by atoms with E-state index in [2.05, 4.69) is 0 Å². The zero-order valence-corrected chi connectivity index (χ0v) is 25.2. The Labute approximate surface area is 257 Å². The van der Waals surface area contributed by atoms with Crippen molar-refractivity contribution >= 4 is 39.9 Å². The van der Waals surface area contributed by atoms with E-state index in [1.807, 2.05) is 118 Å². The second-order valence-electron chi connectivity index (χ2n) is 12.8. The van der Waals surface area contributed by atoms with Gasteiger partial charge in [0.1, 0.15) is 11.6 Å². The molecule has 4 aliphatic heterocycles. The van der Waals surface area contributed by atoms with Crippen LogP contribution in [0.15, 0.2) is 97.1 Å². The smallest absolute Gasteiger partial charge is 0.253 e. The second kappa shape index (κ2) is 10.4. The number of likely N-dealkylation sites (tertiary alicyclic amines) is 1. The first kappa shape index (κ1) is 28.5. The minimum Gasteiger partial charge on any atom is -0.394 e. The van der Waals surface area contributed by atoms with Crippen LogP contribution in [0.25, 0.3) is 10.8 Å². The number of hydrogen-bond acceptors (Lipinski definition) is 5. The normalized spacial score (nSPS) is 30.4. The van der Waals surface area contributed by atoms with Crippen molar-refractivity contribution in [3.63, 3.8) is 0 Å². The summed E-state index contributed by atoms with van der Waals surface area (Å²) < 4.78 is 6.97. The van der Waals surface area contributed by atoms with E-state index >= 15 is 0 Å². The Bertz CT molecular complexity index is 1700. The Balaban J connectivity index is 1.37. The monoisotopic (exact) mass is 591 g/mol. The van der Waals surface area contributed by atoms with E-state index < -0.39 is 35.1 Å². The highest BCUT2D eigenvalue weighted by Gasteiger charge is 2.75. The predicted octanol–water partition coefficient (Wildman–Crippen LogP) is 4.33. The maximum atomic E-state index is 14.9. The van der Waals surface area contributed by atoms with Crippen molar-refractivity contribution in [2.75, 3.05) is 29.5 Å². The van der Waals surface area contributed by atoms with Crippen molar-refractivity contribution in [1.29, 1.82) is 0 Å². The summed E-state index contributed by atoms with van der Waals surface area (Å²) in [4.78, 5) is 49.1. The number of anilines is 2. The number of hydrogen-bond donors (Lipinski definition) is 1. The molecule has 2 fully saturated rings. The number of benzene rings is 3. The fourth-order valence-electron chi connectivity index (χ4n) is 7.85. The minimum absolute atomic E-state index is 0.147. The van der Waals surface area contributed by atoms with Crippen LogP contribution < -0.4 is 9.80 Å². The van der Waals surface area contributed by atoms with E-state index in [0.29, 0.717) is 12.2 Å². The zero-order valence-electron chi connectivity index (χ0n) is 25.2. The fraction of sp³-hybridized carbons (Fsp3) is 0.361. The number of amides is 3. The third kappa shape index (κ3) is 4.08. The largest absolute Gasteiger partial charge is 0.394 e. The first-order valence-electron chi connectivity index (χ1n) is 15.4. The molecule has 7 rings (SSSR count). The number of aliphatic hydroxyl groups is 1. The fourth-order valence-corrected chi connectivity index (χ4v) is 7.85. The molecule has 3 aromatic rings. The maximum Gasteiger partial charge on any atom is 0.253 e. The number of ether oxygens (including phenoxy) is 1. The topological polar surface area (TPSA) is 90.4 Å². The number of carbonyl (C=O) groups excluding carboxylic acids is 3. The molecule has 0 aliphatic carbocycles. The molecule has 1 N–H and O–H groups in total. The van der Waals surface area contributed by atoms with Crippen molar-refractivity contribution < 1.29 is 24.2 Å². The third-order valence-electron chi connectivity index (χ3n) is 9.92. The first-order chi connectivity index (χ1) is 21.2. The Kier molecular flexibility index (Phi) is 6.75. The zero-order chi connectivity index (χ0) is 30.8. The van der Waals surface area contributed by atoms with Crippen molar-refractivity contribution in [3.8, 4) is 0 Å². The molecule has 6 atom stereocenters. The molecular formula is C36H37N3O5. The molecule has 4 heterocycles. The number of rotatable bonds is 5. The molecule has 0 saturated carbocycles. The van der Waals surface area contributed by atoms with Crippen molar-refractivity contribution in [1.82, 2.24) is 4.90 Å². The molecular weight excluding hydrogens is 554 g/mol. The summed E-state index contributed by atoms with van der Waals surface area (Å²) in [5, 5.41) is 12.6. The summed E-state index contributed by atoms with van der Waals surface area (Å²) in [6.45, 7) is 6.00. The van der Waals surface area contributed by atoms with Crippen LogP contribution in [0.1, 0.15) is 20.8 Å². The van der Waals surface area contributed by atoms with Gasteiger partial charge in [0.25, 0.3) is 5.91 Å². The summed E-state index contributed by atoms with van der Waals surface area (Å²) in [7, 11) is 0. The van der Waals surface area contributed by atoms with E-state index in [9.17, 15) is 19.5 Å². The van der Waals surface area contributed by atoms with Gasteiger partial charge in [0.15, 0.2) is 0 Å². The van der Waals surface area contributed by atoms with Crippen molar-refractivity contribution in [3.05, 3.63) is 97.1 Å². The third-order valence-corrected chi connectivity index (χ3v) is 9.92. The van der Waals surface area contributed by atoms with Crippen LogP contribution in [0.5, 0.6) is 0 Å². The lowest BCUT2D eigenvalue weighted by molar-refractivity contribution is -0.149. The van der Waals surface area contributed by atoms with E-state index in [1.165, 1.54) is 4.90 Å². The Hall–Kier alpha value is -4.27. The van der Waals surface area contributed by atoms with Crippen LogP contribution in [0, 0.1) is 17.8 Å². The van der Waals surface area contributed by atoms with Gasteiger partial charge in [0.05, 0.1) is 30.1 Å². The average Bonchev–Trinajstić information content (AvgIpc) is 3.28. The highest BCUT2D eigenvalue weighted by atomic mass is 16.5. The lowest BCUT2D eigenvalue weighted by Gasteiger charge is -2.41. The molecule has 8 heteroatoms. The van der Waals surface area contributed by atoms with Crippen LogP contribution in [-0.2, 0) is 19.1 Å². The molecule has 0 aromatic heterocycles. The van der Waals surface area contributed by atoms with Gasteiger partial charge in [-0.1, -0.05) is 86.7 Å². The first-order valence-corrected chi connectivity index (χ1v) is 15.4. The molecule has 2 saturated heterocycles. The highest BCUT2D eigenvalue weighted by Crippen LogP contribution is 2.58. The van der Waals surface area contributed by atoms with Crippen LogP contribution in [0.2, 0.25) is 0 Å². The van der Waals surface area contributed by atoms with Gasteiger partial charge in [-0.2, -0.15) is 0 Å². The number of nitrogens with zero attached hydrogens (tertiary/aromatic N) is 3. The van der Waals surface area contributed by atoms with Crippen molar-refractivity contribution in [2.45, 2.75) is 44.1 Å². The van der Waals surface area contributed by atoms with Gasteiger partial charge < -0.3 is 24.5 Å². The summed E-state index contributed by atoms with van der Waals surface area (Å²) in [5.41, 5.74) is -1.08. The Morgan fingerprint density at radius 2 is 1.45 bits per heavy atom. The summed E-state index contributed by atoms with van der Waals surface area (Å²) in [5.74, 6) is -2.84. The lowest BCUT2D eigenvalue weighted by Crippen LogP contribution is -2.59. The molecule has 4 aliphatic rings. The number of fused-ring (bicyclic) bond motifs is 3. The minimum atomic E-state index is -1.40. The second-order valence-corrected chi connectivity index (χ2v) is 12.8. The van der Waals surface area contributed by atoms with Crippen LogP contribution in [0.4, 0.5) is 11.4 Å². The van der Waals surface area contributed by atoms with E-state index in [1.54, 1.807) is 9.80 Å². The lowest BCUT2D eigenvalue weighted by atomic mass is 9.74. The number of aliphatic hydroxyl groups excluding tert-OH is 1. The van der Waals surface area contributed by atoms with E-state index in [-0.39, 0.29) is 36.8 Å². The van der Waals surface area contributed by atoms with Crippen molar-refractivity contribution in [2.24, 2.45) is 17.8 Å². The summed E-state index contributed by atoms with van der Waals surface area (Å²) in [6, 6.07) is 21.6. The van der Waals surface area contributed by atoms with Crippen LogP contribution in [0.3, 0.4) is 0 Å². The standard InChI is InChI=1S/C36H37N3O5/c1-23(2)28(22-40)39-31-34(43)38(27-16-15-24-11-7-8-12-25(24)21-27)20-10-18-36(31)30(33(39)42)29-32(41)37(26-13-5-4-6-14-26)19-9-17-35(29,3)44-36/h4-18,21,23,28-31,40H,19-20,22H2,1-3H3/t28-,29+,30-,31?,35-,36-/m0/s1. The number of carbonyl (C=O) groups is 3. The van der Waals surface area contributed by atoms with Gasteiger partial charge >= 0.3 is 0 Å². The summed E-state index contributed by atoms with van der Waals surface area (Å²) >= 11 is 0. The SMILES string of the molecule is CC(C)[C@H](CO)N1C(=O)[C@@H]2[C@@H]3C(=O)N(c4ccccc4)CC=C[C@]3(C)O[C@@]23C=CCN(c2ccc4ccccc4c2)C(=O)C13. The quantitative estimate of drug-likeness (QED) is 0.446. The summed E-state index contributed by atoms with van der Waals surface area (Å²) in [6.07, 6.45) is 7.53. The molecule has 1 spiro atoms. The molecule has 226 valence electrons. The molecule has 8 nitrogen and oxygen atoms in total. The number of para-hydroxylation sites is 1. The molecule has 0 bridgehead atoms. The van der Waals surface area contributed by atoms with Crippen LogP contribution >= 0.6 is 0 Å². The average molecular weight is 592 g/mol. The van der Waals surface area contributed by atoms with Gasteiger partial charge in [-0.15, -0.1) is 0 Å². The van der Waals surface area contributed by atoms with Crippen LogP contribution in [-0.4, -0.2) is 70.7 Å². The molecule has 3 aromatic carbocycles. The van der Waals surface area contributed by atoms with E-state index in [4.69, 9.17) is 4.74 Å². The Morgan fingerprint density at radius 1 is 0.795 bits per heavy atom. The maximum absolute atomic E-state index is 14.9. The predicted molar refractivity (Wildman–Crippen MR) is 169 cm³/mol. The molecule has 3 amide bonds. The van der Waals surface area contributed by atoms with Gasteiger partial charge in [-0.3, -0.25) is 14.4 Å². The highest BCUT2D eigenvalue weighted by molar-refractivity contribution is 6.08.